The van der Waals surface area contributed by atoms with E-state index < -0.39 is 18.4 Å². The van der Waals surface area contributed by atoms with Crippen LogP contribution in [-0.4, -0.2) is 23.5 Å². The summed E-state index contributed by atoms with van der Waals surface area (Å²) in [6, 6.07) is 4.60. The van der Waals surface area contributed by atoms with Crippen LogP contribution in [0.1, 0.15) is 6.92 Å². The van der Waals surface area contributed by atoms with Crippen LogP contribution >= 0.6 is 0 Å². The summed E-state index contributed by atoms with van der Waals surface area (Å²) in [5.74, 6) is -1.03. The third-order valence-electron chi connectivity index (χ3n) is 1.73. The third kappa shape index (κ3) is 4.73. The molecule has 0 bridgehead atoms. The number of halogens is 3. The van der Waals surface area contributed by atoms with Gasteiger partial charge >= 0.3 is 6.36 Å². The normalized spacial score (nSPS) is 13.0. The molecule has 1 amide bonds. The van der Waals surface area contributed by atoms with Gasteiger partial charge in [0.15, 0.2) is 0 Å². The van der Waals surface area contributed by atoms with Crippen molar-refractivity contribution >= 4 is 11.6 Å². The van der Waals surface area contributed by atoms with E-state index in [-0.39, 0.29) is 11.4 Å². The maximum atomic E-state index is 11.8. The minimum Gasteiger partial charge on any atom is -0.406 e. The molecule has 1 unspecified atom stereocenters. The van der Waals surface area contributed by atoms with E-state index in [4.69, 9.17) is 5.11 Å². The number of hydrogen-bond donors (Lipinski definition) is 2. The minimum atomic E-state index is -4.75. The average Bonchev–Trinajstić information content (AvgIpc) is 2.18. The fourth-order valence-corrected chi connectivity index (χ4v) is 0.987. The van der Waals surface area contributed by atoms with Gasteiger partial charge in [0.25, 0.3) is 5.91 Å². The fourth-order valence-electron chi connectivity index (χ4n) is 0.987. The molecule has 0 saturated heterocycles. The molecule has 1 aromatic carbocycles. The zero-order valence-electron chi connectivity index (χ0n) is 8.78. The molecular weight excluding hydrogens is 239 g/mol. The molecule has 0 aliphatic rings. The topological polar surface area (TPSA) is 58.6 Å². The molecule has 2 N–H and O–H groups in total. The lowest BCUT2D eigenvalue weighted by Gasteiger charge is -2.10. The van der Waals surface area contributed by atoms with Crippen molar-refractivity contribution in [3.63, 3.8) is 0 Å². The Morgan fingerprint density at radius 1 is 1.35 bits per heavy atom. The predicted molar refractivity (Wildman–Crippen MR) is 53.4 cm³/mol. The van der Waals surface area contributed by atoms with E-state index in [1.165, 1.54) is 19.1 Å². The van der Waals surface area contributed by atoms with E-state index >= 15 is 0 Å². The molecule has 0 aromatic heterocycles. The summed E-state index contributed by atoms with van der Waals surface area (Å²) >= 11 is 0. The van der Waals surface area contributed by atoms with Gasteiger partial charge in [-0.3, -0.25) is 4.79 Å². The largest absolute Gasteiger partial charge is 0.573 e. The summed E-state index contributed by atoms with van der Waals surface area (Å²) in [5.41, 5.74) is 0.269. The molecule has 0 spiro atoms. The second kappa shape index (κ2) is 5.05. The van der Waals surface area contributed by atoms with E-state index in [2.05, 4.69) is 10.1 Å². The SMILES string of the molecule is CC(O)C(=O)Nc1ccc(OC(F)(F)F)cc1. The van der Waals surface area contributed by atoms with Gasteiger partial charge in [-0.2, -0.15) is 0 Å². The predicted octanol–water partition coefficient (Wildman–Crippen LogP) is 1.90. The molecule has 7 heteroatoms. The van der Waals surface area contributed by atoms with Gasteiger partial charge in [0.1, 0.15) is 11.9 Å². The zero-order chi connectivity index (χ0) is 13.1. The molecular formula is C10H10F3NO3. The van der Waals surface area contributed by atoms with E-state index in [0.717, 1.165) is 12.1 Å². The van der Waals surface area contributed by atoms with Crippen LogP contribution in [0.5, 0.6) is 5.75 Å². The molecule has 1 atom stereocenters. The minimum absolute atomic E-state index is 0.269. The summed E-state index contributed by atoms with van der Waals surface area (Å²) in [4.78, 5) is 11.1. The number of hydrogen-bond acceptors (Lipinski definition) is 3. The fraction of sp³-hybridized carbons (Fsp3) is 0.300. The number of nitrogens with one attached hydrogen (secondary N) is 1. The van der Waals surface area contributed by atoms with Gasteiger partial charge < -0.3 is 15.2 Å². The van der Waals surface area contributed by atoms with Gasteiger partial charge in [-0.1, -0.05) is 0 Å². The second-order valence-electron chi connectivity index (χ2n) is 3.24. The van der Waals surface area contributed by atoms with E-state index in [0.29, 0.717) is 0 Å². The summed E-state index contributed by atoms with van der Waals surface area (Å²) in [6.45, 7) is 1.27. The Hall–Kier alpha value is -1.76. The lowest BCUT2D eigenvalue weighted by molar-refractivity contribution is -0.274. The number of carbonyl (C=O) groups is 1. The number of aliphatic hydroxyl groups is 1. The van der Waals surface area contributed by atoms with Crippen molar-refractivity contribution < 1.29 is 27.8 Å². The second-order valence-corrected chi connectivity index (χ2v) is 3.24. The van der Waals surface area contributed by atoms with Gasteiger partial charge in [-0.05, 0) is 31.2 Å². The molecule has 0 fully saturated rings. The summed E-state index contributed by atoms with van der Waals surface area (Å²) < 4.78 is 39.1. The Morgan fingerprint density at radius 3 is 2.29 bits per heavy atom. The average molecular weight is 249 g/mol. The van der Waals surface area contributed by atoms with Crippen molar-refractivity contribution in [1.29, 1.82) is 0 Å². The van der Waals surface area contributed by atoms with Gasteiger partial charge in [-0.25, -0.2) is 0 Å². The number of amides is 1. The summed E-state index contributed by atoms with van der Waals surface area (Å²) in [5, 5.41) is 11.2. The molecule has 4 nitrogen and oxygen atoms in total. The van der Waals surface area contributed by atoms with Crippen LogP contribution in [-0.2, 0) is 4.79 Å². The first kappa shape index (κ1) is 13.3. The van der Waals surface area contributed by atoms with Crippen molar-refractivity contribution in [2.75, 3.05) is 5.32 Å². The van der Waals surface area contributed by atoms with E-state index in [9.17, 15) is 18.0 Å². The lowest BCUT2D eigenvalue weighted by atomic mass is 10.3. The molecule has 17 heavy (non-hydrogen) atoms. The van der Waals surface area contributed by atoms with Gasteiger partial charge in [-0.15, -0.1) is 13.2 Å². The van der Waals surface area contributed by atoms with Crippen LogP contribution in [0, 0.1) is 0 Å². The van der Waals surface area contributed by atoms with Crippen LogP contribution in [0.4, 0.5) is 18.9 Å². The van der Waals surface area contributed by atoms with Crippen molar-refractivity contribution in [2.24, 2.45) is 0 Å². The number of alkyl halides is 3. The highest BCUT2D eigenvalue weighted by Crippen LogP contribution is 2.23. The molecule has 0 aliphatic heterocycles. The summed E-state index contributed by atoms with van der Waals surface area (Å²) in [6.07, 6.45) is -5.94. The number of benzene rings is 1. The number of ether oxygens (including phenoxy) is 1. The molecule has 1 rings (SSSR count). The van der Waals surface area contributed by atoms with Crippen LogP contribution in [0.2, 0.25) is 0 Å². The van der Waals surface area contributed by atoms with Crippen LogP contribution in [0.3, 0.4) is 0 Å². The van der Waals surface area contributed by atoms with Crippen molar-refractivity contribution in [1.82, 2.24) is 0 Å². The van der Waals surface area contributed by atoms with E-state index in [1.54, 1.807) is 0 Å². The third-order valence-corrected chi connectivity index (χ3v) is 1.73. The molecule has 0 heterocycles. The van der Waals surface area contributed by atoms with Crippen LogP contribution in [0.25, 0.3) is 0 Å². The summed E-state index contributed by atoms with van der Waals surface area (Å²) in [7, 11) is 0. The number of anilines is 1. The molecule has 94 valence electrons. The van der Waals surface area contributed by atoms with Gasteiger partial charge in [0.2, 0.25) is 0 Å². The Labute approximate surface area is 95.0 Å². The first-order valence-electron chi connectivity index (χ1n) is 4.62. The first-order valence-corrected chi connectivity index (χ1v) is 4.62. The highest BCUT2D eigenvalue weighted by molar-refractivity contribution is 5.93. The smallest absolute Gasteiger partial charge is 0.406 e. The van der Waals surface area contributed by atoms with Crippen molar-refractivity contribution in [3.8, 4) is 5.75 Å². The molecule has 0 aliphatic carbocycles. The maximum absolute atomic E-state index is 11.8. The highest BCUT2D eigenvalue weighted by atomic mass is 19.4. The van der Waals surface area contributed by atoms with Crippen LogP contribution < -0.4 is 10.1 Å². The van der Waals surface area contributed by atoms with Crippen molar-refractivity contribution in [3.05, 3.63) is 24.3 Å². The Balaban J connectivity index is 2.65. The molecule has 0 saturated carbocycles. The Morgan fingerprint density at radius 2 is 1.88 bits per heavy atom. The van der Waals surface area contributed by atoms with E-state index in [1.807, 2.05) is 0 Å². The highest BCUT2D eigenvalue weighted by Gasteiger charge is 2.30. The maximum Gasteiger partial charge on any atom is 0.573 e. The molecule has 1 aromatic rings. The number of aliphatic hydroxyl groups excluding tert-OH is 1. The molecule has 0 radical (unpaired) electrons. The first-order chi connectivity index (χ1) is 7.78. The Kier molecular flexibility index (Phi) is 3.95. The zero-order valence-corrected chi connectivity index (χ0v) is 8.78. The standard InChI is InChI=1S/C10H10F3NO3/c1-6(15)9(16)14-7-2-4-8(5-3-7)17-10(11,12)13/h2-6,15H,1H3,(H,14,16). The van der Waals surface area contributed by atoms with Crippen LogP contribution in [0.15, 0.2) is 24.3 Å². The monoisotopic (exact) mass is 249 g/mol. The number of carbonyl (C=O) groups excluding carboxylic acids is 1. The Bertz CT molecular complexity index is 387. The number of rotatable bonds is 3. The van der Waals surface area contributed by atoms with Gasteiger partial charge in [0, 0.05) is 5.69 Å². The van der Waals surface area contributed by atoms with Crippen molar-refractivity contribution in [2.45, 2.75) is 19.4 Å². The quantitative estimate of drug-likeness (QED) is 0.860. The van der Waals surface area contributed by atoms with Gasteiger partial charge in [0.05, 0.1) is 0 Å². The lowest BCUT2D eigenvalue weighted by Crippen LogP contribution is -2.24.